The third-order valence-electron chi connectivity index (χ3n) is 5.66. The molecule has 1 atom stereocenters. The lowest BCUT2D eigenvalue weighted by atomic mass is 10.1. The maximum absolute atomic E-state index is 13.1. The second-order valence-electron chi connectivity index (χ2n) is 7.50. The first-order valence-electron chi connectivity index (χ1n) is 9.96. The minimum Gasteiger partial charge on any atom is -0.375 e. The molecule has 152 valence electrons. The van der Waals surface area contributed by atoms with Gasteiger partial charge in [-0.1, -0.05) is 54.6 Å². The Morgan fingerprint density at radius 3 is 2.60 bits per heavy atom. The number of amides is 1. The predicted molar refractivity (Wildman–Crippen MR) is 116 cm³/mol. The Morgan fingerprint density at radius 1 is 1.10 bits per heavy atom. The largest absolute Gasteiger partial charge is 0.375 e. The standard InChI is InChI=1S/C24H23N3O3/c1-26(22-14-12-18-9-5-6-10-20(18)22)24(28)19-11-13-21(23(15-19)27(29)30)25-16-17-7-3-2-4-8-17/h2-11,13,15,22,25H,12,14,16H2,1H3. The number of hydrogen-bond acceptors (Lipinski definition) is 4. The second kappa shape index (κ2) is 8.37. The van der Waals surface area contributed by atoms with Gasteiger partial charge in [0.25, 0.3) is 11.6 Å². The molecule has 6 nitrogen and oxygen atoms in total. The minimum atomic E-state index is -0.449. The monoisotopic (exact) mass is 401 g/mol. The maximum Gasteiger partial charge on any atom is 0.293 e. The molecule has 1 unspecified atom stereocenters. The van der Waals surface area contributed by atoms with Crippen LogP contribution in [-0.4, -0.2) is 22.8 Å². The van der Waals surface area contributed by atoms with E-state index in [1.807, 2.05) is 42.5 Å². The fourth-order valence-corrected chi connectivity index (χ4v) is 4.04. The molecule has 6 heteroatoms. The number of benzene rings is 3. The number of carbonyl (C=O) groups is 1. The summed E-state index contributed by atoms with van der Waals surface area (Å²) in [5, 5.41) is 14.7. The molecule has 0 fully saturated rings. The van der Waals surface area contributed by atoms with Gasteiger partial charge in [-0.3, -0.25) is 14.9 Å². The van der Waals surface area contributed by atoms with Crippen molar-refractivity contribution in [2.24, 2.45) is 0 Å². The van der Waals surface area contributed by atoms with Crippen LogP contribution in [0.2, 0.25) is 0 Å². The van der Waals surface area contributed by atoms with Crippen LogP contribution in [0.4, 0.5) is 11.4 Å². The summed E-state index contributed by atoms with van der Waals surface area (Å²) in [7, 11) is 1.77. The molecule has 0 heterocycles. The highest BCUT2D eigenvalue weighted by Gasteiger charge is 2.29. The SMILES string of the molecule is CN(C(=O)c1ccc(NCc2ccccc2)c([N+](=O)[O-])c1)C1CCc2ccccc21. The first-order chi connectivity index (χ1) is 14.5. The van der Waals surface area contributed by atoms with Gasteiger partial charge in [0.1, 0.15) is 5.69 Å². The van der Waals surface area contributed by atoms with Gasteiger partial charge in [0.15, 0.2) is 0 Å². The molecule has 3 aromatic rings. The van der Waals surface area contributed by atoms with Gasteiger partial charge in [0.2, 0.25) is 0 Å². The van der Waals surface area contributed by atoms with Gasteiger partial charge < -0.3 is 10.2 Å². The molecule has 30 heavy (non-hydrogen) atoms. The van der Waals surface area contributed by atoms with Crippen LogP contribution in [0.25, 0.3) is 0 Å². The molecule has 0 aromatic heterocycles. The number of nitro groups is 1. The highest BCUT2D eigenvalue weighted by Crippen LogP contribution is 2.36. The van der Waals surface area contributed by atoms with Crippen LogP contribution in [0.3, 0.4) is 0 Å². The van der Waals surface area contributed by atoms with E-state index >= 15 is 0 Å². The van der Waals surface area contributed by atoms with E-state index in [-0.39, 0.29) is 17.6 Å². The van der Waals surface area contributed by atoms with Crippen molar-refractivity contribution in [3.63, 3.8) is 0 Å². The number of aryl methyl sites for hydroxylation is 1. The summed E-state index contributed by atoms with van der Waals surface area (Å²) in [6, 6.07) is 22.4. The van der Waals surface area contributed by atoms with Gasteiger partial charge in [-0.15, -0.1) is 0 Å². The number of nitrogens with one attached hydrogen (secondary N) is 1. The van der Waals surface area contributed by atoms with E-state index in [9.17, 15) is 14.9 Å². The summed E-state index contributed by atoms with van der Waals surface area (Å²) >= 11 is 0. The Kier molecular flexibility index (Phi) is 5.48. The Labute approximate surface area is 175 Å². The number of anilines is 1. The summed E-state index contributed by atoms with van der Waals surface area (Å²) in [6.07, 6.45) is 1.79. The van der Waals surface area contributed by atoms with E-state index in [4.69, 9.17) is 0 Å². The van der Waals surface area contributed by atoms with E-state index in [0.717, 1.165) is 24.0 Å². The summed E-state index contributed by atoms with van der Waals surface area (Å²) in [5.74, 6) is -0.214. The van der Waals surface area contributed by atoms with Crippen molar-refractivity contribution in [2.45, 2.75) is 25.4 Å². The third kappa shape index (κ3) is 3.89. The normalized spacial score (nSPS) is 14.8. The van der Waals surface area contributed by atoms with E-state index in [1.54, 1.807) is 24.1 Å². The number of fused-ring (bicyclic) bond motifs is 1. The van der Waals surface area contributed by atoms with Crippen LogP contribution >= 0.6 is 0 Å². The lowest BCUT2D eigenvalue weighted by Crippen LogP contribution is -2.30. The zero-order valence-corrected chi connectivity index (χ0v) is 16.7. The van der Waals surface area contributed by atoms with Crippen molar-refractivity contribution in [3.8, 4) is 0 Å². The van der Waals surface area contributed by atoms with Crippen molar-refractivity contribution in [1.82, 2.24) is 4.90 Å². The Hall–Kier alpha value is -3.67. The zero-order valence-electron chi connectivity index (χ0n) is 16.7. The molecule has 1 amide bonds. The molecule has 1 aliphatic carbocycles. The number of carbonyl (C=O) groups excluding carboxylic acids is 1. The topological polar surface area (TPSA) is 75.5 Å². The Morgan fingerprint density at radius 2 is 1.83 bits per heavy atom. The number of nitro benzene ring substituents is 1. The fourth-order valence-electron chi connectivity index (χ4n) is 4.04. The highest BCUT2D eigenvalue weighted by molar-refractivity contribution is 5.96. The van der Waals surface area contributed by atoms with Gasteiger partial charge in [0, 0.05) is 25.2 Å². The average Bonchev–Trinajstić information content (AvgIpc) is 3.21. The first kappa shape index (κ1) is 19.6. The summed E-state index contributed by atoms with van der Waals surface area (Å²) in [4.78, 5) is 26.0. The van der Waals surface area contributed by atoms with Gasteiger partial charge in [0.05, 0.1) is 11.0 Å². The van der Waals surface area contributed by atoms with Gasteiger partial charge in [-0.05, 0) is 41.7 Å². The molecular formula is C24H23N3O3. The molecule has 0 bridgehead atoms. The predicted octanol–water partition coefficient (Wildman–Crippen LogP) is 4.97. The van der Waals surface area contributed by atoms with Crippen LogP contribution in [0.5, 0.6) is 0 Å². The number of hydrogen-bond donors (Lipinski definition) is 1. The van der Waals surface area contributed by atoms with Crippen molar-refractivity contribution in [3.05, 3.63) is 105 Å². The first-order valence-corrected chi connectivity index (χ1v) is 9.96. The smallest absolute Gasteiger partial charge is 0.293 e. The third-order valence-corrected chi connectivity index (χ3v) is 5.66. The molecule has 0 aliphatic heterocycles. The quantitative estimate of drug-likeness (QED) is 0.468. The van der Waals surface area contributed by atoms with Crippen molar-refractivity contribution < 1.29 is 9.72 Å². The molecule has 0 saturated carbocycles. The molecule has 4 rings (SSSR count). The van der Waals surface area contributed by atoms with Gasteiger partial charge in [-0.25, -0.2) is 0 Å². The highest BCUT2D eigenvalue weighted by atomic mass is 16.6. The molecular weight excluding hydrogens is 378 g/mol. The number of nitrogens with zero attached hydrogens (tertiary/aromatic N) is 2. The maximum atomic E-state index is 13.1. The van der Waals surface area contributed by atoms with Crippen molar-refractivity contribution in [2.75, 3.05) is 12.4 Å². The molecule has 0 radical (unpaired) electrons. The number of rotatable bonds is 6. The van der Waals surface area contributed by atoms with Crippen molar-refractivity contribution in [1.29, 1.82) is 0 Å². The molecule has 3 aromatic carbocycles. The van der Waals surface area contributed by atoms with E-state index in [2.05, 4.69) is 17.4 Å². The van der Waals surface area contributed by atoms with Crippen LogP contribution < -0.4 is 5.32 Å². The summed E-state index contributed by atoms with van der Waals surface area (Å²) < 4.78 is 0. The van der Waals surface area contributed by atoms with Crippen LogP contribution in [0, 0.1) is 10.1 Å². The molecule has 1 N–H and O–H groups in total. The van der Waals surface area contributed by atoms with Crippen LogP contribution in [0.1, 0.15) is 39.5 Å². The molecule has 1 aliphatic rings. The minimum absolute atomic E-state index is 0.0105. The van der Waals surface area contributed by atoms with E-state index in [0.29, 0.717) is 17.8 Å². The Balaban J connectivity index is 1.55. The van der Waals surface area contributed by atoms with Gasteiger partial charge >= 0.3 is 0 Å². The van der Waals surface area contributed by atoms with E-state index in [1.165, 1.54) is 11.6 Å². The second-order valence-corrected chi connectivity index (χ2v) is 7.50. The Bertz CT molecular complexity index is 1080. The average molecular weight is 401 g/mol. The molecule has 0 saturated heterocycles. The van der Waals surface area contributed by atoms with Crippen molar-refractivity contribution >= 4 is 17.3 Å². The zero-order chi connectivity index (χ0) is 21.1. The molecule has 0 spiro atoms. The van der Waals surface area contributed by atoms with Gasteiger partial charge in [-0.2, -0.15) is 0 Å². The van der Waals surface area contributed by atoms with Crippen LogP contribution in [-0.2, 0) is 13.0 Å². The fraction of sp³-hybridized carbons (Fsp3) is 0.208. The lowest BCUT2D eigenvalue weighted by Gasteiger charge is -2.25. The van der Waals surface area contributed by atoms with Crippen LogP contribution in [0.15, 0.2) is 72.8 Å². The summed E-state index contributed by atoms with van der Waals surface area (Å²) in [6.45, 7) is 0.466. The van der Waals surface area contributed by atoms with E-state index < -0.39 is 4.92 Å². The summed E-state index contributed by atoms with van der Waals surface area (Å²) in [5.41, 5.74) is 4.05. The lowest BCUT2D eigenvalue weighted by molar-refractivity contribution is -0.384.